The summed E-state index contributed by atoms with van der Waals surface area (Å²) >= 11 is 0. The van der Waals surface area contributed by atoms with E-state index in [-0.39, 0.29) is 12.1 Å². The highest BCUT2D eigenvalue weighted by atomic mass is 19.4. The van der Waals surface area contributed by atoms with Crippen molar-refractivity contribution in [1.82, 2.24) is 4.90 Å². The molecule has 30 heavy (non-hydrogen) atoms. The molecular formula is C23H28F3N3O. The quantitative estimate of drug-likeness (QED) is 0.785. The largest absolute Gasteiger partial charge is 0.416 e. The number of likely N-dealkylation sites (N-methyl/N-ethyl adjacent to an activating group) is 1. The lowest BCUT2D eigenvalue weighted by Gasteiger charge is -2.34. The third kappa shape index (κ3) is 5.14. The van der Waals surface area contributed by atoms with Gasteiger partial charge in [-0.2, -0.15) is 13.2 Å². The van der Waals surface area contributed by atoms with E-state index in [4.69, 9.17) is 10.5 Å². The van der Waals surface area contributed by atoms with Crippen molar-refractivity contribution in [3.8, 4) is 11.1 Å². The molecule has 1 aliphatic rings. The molecule has 1 heterocycles. The molecule has 0 fully saturated rings. The van der Waals surface area contributed by atoms with Gasteiger partial charge in [0.05, 0.1) is 11.7 Å². The molecule has 2 aromatic carbocycles. The monoisotopic (exact) mass is 419 g/mol. The van der Waals surface area contributed by atoms with Crippen LogP contribution in [0.1, 0.15) is 29.5 Å². The second-order valence-electron chi connectivity index (χ2n) is 7.81. The van der Waals surface area contributed by atoms with Crippen LogP contribution in [0.2, 0.25) is 0 Å². The molecule has 0 bridgehead atoms. The van der Waals surface area contributed by atoms with E-state index in [0.717, 1.165) is 42.0 Å². The number of aryl methyl sites for hydroxylation is 1. The minimum atomic E-state index is -4.35. The van der Waals surface area contributed by atoms with Gasteiger partial charge >= 0.3 is 6.18 Å². The van der Waals surface area contributed by atoms with Crippen LogP contribution in [-0.4, -0.2) is 43.7 Å². The van der Waals surface area contributed by atoms with Gasteiger partial charge in [-0.1, -0.05) is 30.3 Å². The van der Waals surface area contributed by atoms with Gasteiger partial charge in [0.25, 0.3) is 0 Å². The molecule has 2 N–H and O–H groups in total. The van der Waals surface area contributed by atoms with Gasteiger partial charge in [-0.3, -0.25) is 4.99 Å². The van der Waals surface area contributed by atoms with E-state index in [0.29, 0.717) is 18.1 Å². The van der Waals surface area contributed by atoms with Crippen molar-refractivity contribution in [2.75, 3.05) is 20.7 Å². The summed E-state index contributed by atoms with van der Waals surface area (Å²) < 4.78 is 44.7. The number of halogens is 3. The second kappa shape index (κ2) is 9.08. The topological polar surface area (TPSA) is 50.9 Å². The van der Waals surface area contributed by atoms with Gasteiger partial charge in [0.1, 0.15) is 0 Å². The van der Waals surface area contributed by atoms with Crippen LogP contribution in [0.25, 0.3) is 11.1 Å². The highest BCUT2D eigenvalue weighted by Crippen LogP contribution is 2.33. The standard InChI is InChI=1S/C23H28F3N3O/c1-15-11-18(17-5-4-6-19(12-17)23(24,25)26)8-7-16(15)13-20-14-21(30-3)9-10-28-22(27)29(20)2/h4-8,11-12,20-21H,9-10,13-14H2,1-3H3,(H2,27,28). The molecule has 2 aromatic rings. The molecule has 0 radical (unpaired) electrons. The second-order valence-corrected chi connectivity index (χ2v) is 7.81. The van der Waals surface area contributed by atoms with E-state index in [1.807, 2.05) is 37.1 Å². The Morgan fingerprint density at radius 3 is 2.57 bits per heavy atom. The molecule has 7 heteroatoms. The minimum absolute atomic E-state index is 0.110. The summed E-state index contributed by atoms with van der Waals surface area (Å²) in [5.41, 5.74) is 8.95. The number of benzene rings is 2. The smallest absolute Gasteiger partial charge is 0.381 e. The molecule has 0 aliphatic carbocycles. The Morgan fingerprint density at radius 2 is 1.90 bits per heavy atom. The Morgan fingerprint density at radius 1 is 1.17 bits per heavy atom. The van der Waals surface area contributed by atoms with Crippen LogP contribution in [0.15, 0.2) is 47.5 Å². The van der Waals surface area contributed by atoms with E-state index < -0.39 is 11.7 Å². The fourth-order valence-corrected chi connectivity index (χ4v) is 3.87. The lowest BCUT2D eigenvalue weighted by atomic mass is 9.92. The first-order valence-corrected chi connectivity index (χ1v) is 10.0. The van der Waals surface area contributed by atoms with Crippen molar-refractivity contribution in [2.24, 2.45) is 10.7 Å². The number of hydrogen-bond donors (Lipinski definition) is 1. The summed E-state index contributed by atoms with van der Waals surface area (Å²) in [5.74, 6) is 0.521. The molecule has 1 aliphatic heterocycles. The third-order valence-corrected chi connectivity index (χ3v) is 5.82. The zero-order valence-electron chi connectivity index (χ0n) is 17.5. The van der Waals surface area contributed by atoms with E-state index in [9.17, 15) is 13.2 Å². The van der Waals surface area contributed by atoms with Crippen molar-refractivity contribution in [3.05, 3.63) is 59.2 Å². The molecular weight excluding hydrogens is 391 g/mol. The third-order valence-electron chi connectivity index (χ3n) is 5.82. The van der Waals surface area contributed by atoms with Gasteiger partial charge < -0.3 is 15.4 Å². The van der Waals surface area contributed by atoms with Crippen molar-refractivity contribution in [3.63, 3.8) is 0 Å². The van der Waals surface area contributed by atoms with Gasteiger partial charge in [0.15, 0.2) is 5.96 Å². The molecule has 0 spiro atoms. The molecule has 0 saturated heterocycles. The van der Waals surface area contributed by atoms with Crippen LogP contribution in [0.3, 0.4) is 0 Å². The number of ether oxygens (including phenoxy) is 1. The van der Waals surface area contributed by atoms with Crippen LogP contribution in [0.5, 0.6) is 0 Å². The average Bonchev–Trinajstić information content (AvgIpc) is 2.71. The highest BCUT2D eigenvalue weighted by molar-refractivity contribution is 5.78. The normalized spacial score (nSPS) is 22.2. The van der Waals surface area contributed by atoms with E-state index in [2.05, 4.69) is 4.99 Å². The number of hydrogen-bond acceptors (Lipinski definition) is 4. The van der Waals surface area contributed by atoms with Crippen LogP contribution < -0.4 is 5.73 Å². The van der Waals surface area contributed by atoms with Crippen LogP contribution in [0, 0.1) is 6.92 Å². The Labute approximate surface area is 175 Å². The SMILES string of the molecule is COC1CC/N=C(/N)N(C)C(Cc2ccc(-c3cccc(C(F)(F)F)c3)cc2C)C1. The fraction of sp³-hybridized carbons (Fsp3) is 0.435. The number of alkyl halides is 3. The number of rotatable bonds is 4. The Balaban J connectivity index is 1.84. The first-order valence-electron chi connectivity index (χ1n) is 10.0. The Kier molecular flexibility index (Phi) is 6.71. The summed E-state index contributed by atoms with van der Waals surface area (Å²) in [6, 6.07) is 11.4. The Bertz CT molecular complexity index is 911. The molecule has 162 valence electrons. The molecule has 0 aromatic heterocycles. The molecule has 0 saturated carbocycles. The predicted molar refractivity (Wildman–Crippen MR) is 113 cm³/mol. The van der Waals surface area contributed by atoms with E-state index >= 15 is 0 Å². The highest BCUT2D eigenvalue weighted by Gasteiger charge is 2.30. The maximum atomic E-state index is 13.0. The zero-order valence-corrected chi connectivity index (χ0v) is 17.5. The number of nitrogens with two attached hydrogens (primary N) is 1. The number of methoxy groups -OCH3 is 1. The average molecular weight is 419 g/mol. The predicted octanol–water partition coefficient (Wildman–Crippen LogP) is 4.65. The van der Waals surface area contributed by atoms with Crippen LogP contribution >= 0.6 is 0 Å². The van der Waals surface area contributed by atoms with E-state index in [1.165, 1.54) is 12.1 Å². The van der Waals surface area contributed by atoms with Gasteiger partial charge in [-0.25, -0.2) is 0 Å². The summed E-state index contributed by atoms with van der Waals surface area (Å²) in [6.07, 6.45) is -1.83. The van der Waals surface area contributed by atoms with E-state index in [1.54, 1.807) is 13.2 Å². The van der Waals surface area contributed by atoms with Gasteiger partial charge in [-0.15, -0.1) is 0 Å². The lowest BCUT2D eigenvalue weighted by Crippen LogP contribution is -2.46. The van der Waals surface area contributed by atoms with Gasteiger partial charge in [0.2, 0.25) is 0 Å². The fourth-order valence-electron chi connectivity index (χ4n) is 3.87. The molecule has 3 rings (SSSR count). The molecule has 4 nitrogen and oxygen atoms in total. The summed E-state index contributed by atoms with van der Waals surface area (Å²) in [4.78, 5) is 6.40. The van der Waals surface area contributed by atoms with Crippen molar-refractivity contribution >= 4 is 5.96 Å². The van der Waals surface area contributed by atoms with Gasteiger partial charge in [0, 0.05) is 26.7 Å². The van der Waals surface area contributed by atoms with Crippen molar-refractivity contribution in [1.29, 1.82) is 0 Å². The van der Waals surface area contributed by atoms with Gasteiger partial charge in [-0.05, 0) is 60.6 Å². The number of nitrogens with zero attached hydrogens (tertiary/aromatic N) is 2. The summed E-state index contributed by atoms with van der Waals surface area (Å²) in [7, 11) is 3.65. The molecule has 2 atom stereocenters. The number of aliphatic imine (C=N–C) groups is 1. The maximum Gasteiger partial charge on any atom is 0.416 e. The number of guanidine groups is 1. The van der Waals surface area contributed by atoms with Crippen molar-refractivity contribution < 1.29 is 17.9 Å². The maximum absolute atomic E-state index is 13.0. The van der Waals surface area contributed by atoms with Crippen LogP contribution in [-0.2, 0) is 17.3 Å². The Hall–Kier alpha value is -2.54. The minimum Gasteiger partial charge on any atom is -0.381 e. The summed E-state index contributed by atoms with van der Waals surface area (Å²) in [5, 5.41) is 0. The molecule has 0 amide bonds. The first kappa shape index (κ1) is 22.2. The summed E-state index contributed by atoms with van der Waals surface area (Å²) in [6.45, 7) is 2.63. The van der Waals surface area contributed by atoms with Crippen molar-refractivity contribution in [2.45, 2.75) is 44.5 Å². The lowest BCUT2D eigenvalue weighted by molar-refractivity contribution is -0.137. The van der Waals surface area contributed by atoms with Crippen LogP contribution in [0.4, 0.5) is 13.2 Å². The molecule has 2 unspecified atom stereocenters. The zero-order chi connectivity index (χ0) is 21.9. The first-order chi connectivity index (χ1) is 14.2.